The minimum absolute atomic E-state index is 0.00438. The van der Waals surface area contributed by atoms with E-state index in [2.05, 4.69) is 0 Å². The van der Waals surface area contributed by atoms with E-state index in [0.29, 0.717) is 16.9 Å². The number of Topliss-reactive ketones (excluding diaryl/α,β-unsaturated/α-hetero) is 1. The number of halogens is 2. The van der Waals surface area contributed by atoms with E-state index in [1.165, 1.54) is 44.4 Å². The van der Waals surface area contributed by atoms with Crippen molar-refractivity contribution in [3.05, 3.63) is 92.5 Å². The number of aliphatic hydroxyl groups excluding tert-OH is 1. The maximum absolute atomic E-state index is 13.4. The molecule has 0 saturated carbocycles. The van der Waals surface area contributed by atoms with Crippen LogP contribution in [0.1, 0.15) is 33.1 Å². The molecular formula is C28H23Cl2NO8. The molecule has 4 rings (SSSR count). The largest absolute Gasteiger partial charge is 0.507 e. The first-order valence-corrected chi connectivity index (χ1v) is 12.2. The maximum atomic E-state index is 13.4. The standard InChI is InChI=1S/C28H23Cl2NO8/c1-37-17-6-4-5-16(11-17)22-20(23(32)18-12-19(29)26(39-3)21(30)25(18)38-2)24(33)27(34)31(22)13-14-7-9-15(10-8-14)28(35)36/h4-12,22,32H,13H2,1-3H3,(H,35,36)/b23-20+. The van der Waals surface area contributed by atoms with E-state index in [9.17, 15) is 24.6 Å². The smallest absolute Gasteiger partial charge is 0.335 e. The molecule has 0 aromatic heterocycles. The van der Waals surface area contributed by atoms with Gasteiger partial charge >= 0.3 is 5.97 Å². The van der Waals surface area contributed by atoms with Crippen molar-refractivity contribution < 1.29 is 38.8 Å². The highest BCUT2D eigenvalue weighted by Crippen LogP contribution is 2.47. The van der Waals surface area contributed by atoms with Gasteiger partial charge in [0.15, 0.2) is 11.5 Å². The first kappa shape index (κ1) is 27.8. The number of ether oxygens (including phenoxy) is 3. The van der Waals surface area contributed by atoms with Crippen molar-refractivity contribution in [2.24, 2.45) is 0 Å². The molecule has 1 aliphatic rings. The number of benzene rings is 3. The molecule has 1 heterocycles. The van der Waals surface area contributed by atoms with Gasteiger partial charge in [-0.25, -0.2) is 4.79 Å². The number of aliphatic hydroxyl groups is 1. The Kier molecular flexibility index (Phi) is 8.03. The van der Waals surface area contributed by atoms with Crippen molar-refractivity contribution in [2.45, 2.75) is 12.6 Å². The van der Waals surface area contributed by atoms with Gasteiger partial charge < -0.3 is 29.3 Å². The van der Waals surface area contributed by atoms with Crippen LogP contribution in [-0.4, -0.2) is 54.1 Å². The SMILES string of the molecule is COc1cccc(C2/C(=C(\O)c3cc(Cl)c(OC)c(Cl)c3OC)C(=O)C(=O)N2Cc2ccc(C(=O)O)cc2)c1. The number of likely N-dealkylation sites (tertiary alicyclic amines) is 1. The lowest BCUT2D eigenvalue weighted by Crippen LogP contribution is -2.29. The zero-order valence-corrected chi connectivity index (χ0v) is 22.5. The number of carbonyl (C=O) groups excluding carboxylic acids is 2. The van der Waals surface area contributed by atoms with Crippen LogP contribution in [0, 0.1) is 0 Å². The normalized spacial score (nSPS) is 16.3. The van der Waals surface area contributed by atoms with Gasteiger partial charge in [-0.3, -0.25) is 9.59 Å². The molecule has 3 aromatic rings. The highest BCUT2D eigenvalue weighted by molar-refractivity contribution is 6.47. The van der Waals surface area contributed by atoms with Gasteiger partial charge in [-0.1, -0.05) is 47.5 Å². The molecule has 39 heavy (non-hydrogen) atoms. The second-order valence-electron chi connectivity index (χ2n) is 8.49. The third-order valence-electron chi connectivity index (χ3n) is 6.30. The molecule has 202 valence electrons. The van der Waals surface area contributed by atoms with Crippen molar-refractivity contribution in [3.63, 3.8) is 0 Å². The zero-order chi connectivity index (χ0) is 28.4. The fraction of sp³-hybridized carbons (Fsp3) is 0.179. The summed E-state index contributed by atoms with van der Waals surface area (Å²) in [5.41, 5.74) is 0.909. The number of rotatable bonds is 8. The molecule has 0 radical (unpaired) electrons. The molecule has 0 bridgehead atoms. The first-order valence-electron chi connectivity index (χ1n) is 11.5. The molecule has 2 N–H and O–H groups in total. The molecule has 1 amide bonds. The van der Waals surface area contributed by atoms with Crippen LogP contribution in [0.5, 0.6) is 17.2 Å². The molecule has 1 saturated heterocycles. The van der Waals surface area contributed by atoms with Crippen molar-refractivity contribution in [1.29, 1.82) is 0 Å². The van der Waals surface area contributed by atoms with Crippen molar-refractivity contribution in [1.82, 2.24) is 4.90 Å². The monoisotopic (exact) mass is 571 g/mol. The van der Waals surface area contributed by atoms with Crippen LogP contribution in [0.2, 0.25) is 10.0 Å². The molecule has 1 fully saturated rings. The fourth-order valence-electron chi connectivity index (χ4n) is 4.44. The van der Waals surface area contributed by atoms with Crippen molar-refractivity contribution >= 4 is 46.6 Å². The van der Waals surface area contributed by atoms with Crippen LogP contribution in [0.25, 0.3) is 5.76 Å². The van der Waals surface area contributed by atoms with E-state index in [1.807, 2.05) is 0 Å². The van der Waals surface area contributed by atoms with E-state index < -0.39 is 29.5 Å². The third-order valence-corrected chi connectivity index (χ3v) is 6.92. The number of ketones is 1. The summed E-state index contributed by atoms with van der Waals surface area (Å²) in [6.07, 6.45) is 0. The minimum atomic E-state index is -1.09. The van der Waals surface area contributed by atoms with Gasteiger partial charge in [0.1, 0.15) is 16.5 Å². The summed E-state index contributed by atoms with van der Waals surface area (Å²) in [6, 6.07) is 12.9. The number of methoxy groups -OCH3 is 3. The third kappa shape index (κ3) is 5.10. The molecule has 1 aliphatic heterocycles. The summed E-state index contributed by atoms with van der Waals surface area (Å²) >= 11 is 12.7. The van der Waals surface area contributed by atoms with E-state index in [1.54, 1.807) is 36.4 Å². The number of hydrogen-bond donors (Lipinski definition) is 2. The summed E-state index contributed by atoms with van der Waals surface area (Å²) < 4.78 is 16.0. The van der Waals surface area contributed by atoms with E-state index >= 15 is 0 Å². The number of nitrogens with zero attached hydrogens (tertiary/aromatic N) is 1. The van der Waals surface area contributed by atoms with Gasteiger partial charge in [-0.15, -0.1) is 0 Å². The number of aromatic carboxylic acids is 1. The van der Waals surface area contributed by atoms with Crippen LogP contribution in [0.15, 0.2) is 60.2 Å². The average molecular weight is 572 g/mol. The fourth-order valence-corrected chi connectivity index (χ4v) is 5.13. The number of carboxylic acid groups (broad SMARTS) is 1. The molecule has 3 aromatic carbocycles. The molecule has 1 unspecified atom stereocenters. The molecule has 11 heteroatoms. The second-order valence-corrected chi connectivity index (χ2v) is 9.28. The Morgan fingerprint density at radius 3 is 2.18 bits per heavy atom. The summed E-state index contributed by atoms with van der Waals surface area (Å²) in [5.74, 6) is -2.87. The number of amides is 1. The van der Waals surface area contributed by atoms with E-state index in [0.717, 1.165) is 0 Å². The second kappa shape index (κ2) is 11.3. The summed E-state index contributed by atoms with van der Waals surface area (Å²) in [5, 5.41) is 20.7. The Morgan fingerprint density at radius 1 is 0.923 bits per heavy atom. The Labute approximate surface area is 233 Å². The van der Waals surface area contributed by atoms with Crippen LogP contribution < -0.4 is 14.2 Å². The summed E-state index contributed by atoms with van der Waals surface area (Å²) in [6.45, 7) is -0.0512. The Bertz CT molecular complexity index is 1500. The molecule has 0 aliphatic carbocycles. The predicted octanol–water partition coefficient (Wildman–Crippen LogP) is 5.34. The summed E-state index contributed by atoms with van der Waals surface area (Å²) in [7, 11) is 4.17. The van der Waals surface area contributed by atoms with Crippen LogP contribution in [0.3, 0.4) is 0 Å². The highest BCUT2D eigenvalue weighted by atomic mass is 35.5. The van der Waals surface area contributed by atoms with E-state index in [-0.39, 0.29) is 44.8 Å². The lowest BCUT2D eigenvalue weighted by Gasteiger charge is -2.26. The average Bonchev–Trinajstić information content (AvgIpc) is 3.17. The lowest BCUT2D eigenvalue weighted by atomic mass is 9.94. The van der Waals surface area contributed by atoms with Crippen molar-refractivity contribution in [3.8, 4) is 17.2 Å². The van der Waals surface area contributed by atoms with Crippen LogP contribution in [-0.2, 0) is 16.1 Å². The Hall–Kier alpha value is -4.21. The number of carbonyl (C=O) groups is 3. The molecule has 1 atom stereocenters. The van der Waals surface area contributed by atoms with Crippen molar-refractivity contribution in [2.75, 3.05) is 21.3 Å². The predicted molar refractivity (Wildman–Crippen MR) is 144 cm³/mol. The molecule has 0 spiro atoms. The lowest BCUT2D eigenvalue weighted by molar-refractivity contribution is -0.140. The summed E-state index contributed by atoms with van der Waals surface area (Å²) in [4.78, 5) is 39.3. The zero-order valence-electron chi connectivity index (χ0n) is 21.0. The van der Waals surface area contributed by atoms with Gasteiger partial charge in [-0.2, -0.15) is 0 Å². The van der Waals surface area contributed by atoms with Gasteiger partial charge in [0, 0.05) is 6.54 Å². The van der Waals surface area contributed by atoms with Gasteiger partial charge in [0.25, 0.3) is 11.7 Å². The van der Waals surface area contributed by atoms with Gasteiger partial charge in [-0.05, 0) is 41.5 Å². The minimum Gasteiger partial charge on any atom is -0.507 e. The molecule has 9 nitrogen and oxygen atoms in total. The Morgan fingerprint density at radius 2 is 1.59 bits per heavy atom. The number of hydrogen-bond acceptors (Lipinski definition) is 7. The number of carboxylic acids is 1. The van der Waals surface area contributed by atoms with Crippen LogP contribution >= 0.6 is 23.2 Å². The highest BCUT2D eigenvalue weighted by Gasteiger charge is 2.46. The van der Waals surface area contributed by atoms with Gasteiger partial charge in [0.2, 0.25) is 0 Å². The molecular weight excluding hydrogens is 549 g/mol. The van der Waals surface area contributed by atoms with E-state index in [4.69, 9.17) is 37.4 Å². The first-order chi connectivity index (χ1) is 18.6. The van der Waals surface area contributed by atoms with Crippen LogP contribution in [0.4, 0.5) is 0 Å². The topological polar surface area (TPSA) is 123 Å². The Balaban J connectivity index is 1.92. The maximum Gasteiger partial charge on any atom is 0.335 e. The quantitative estimate of drug-likeness (QED) is 0.211. The van der Waals surface area contributed by atoms with Gasteiger partial charge in [0.05, 0.1) is 49.1 Å².